The van der Waals surface area contributed by atoms with Gasteiger partial charge < -0.3 is 30.3 Å². The van der Waals surface area contributed by atoms with E-state index >= 15 is 0 Å². The topological polar surface area (TPSA) is 126 Å². The van der Waals surface area contributed by atoms with Crippen LogP contribution in [0.15, 0.2) is 60.7 Å². The van der Waals surface area contributed by atoms with Gasteiger partial charge in [-0.15, -0.1) is 0 Å². The number of hydrogen-bond acceptors (Lipinski definition) is 7. The molecule has 0 bridgehead atoms. The number of likely N-dealkylation sites (tertiary alicyclic amines) is 1. The summed E-state index contributed by atoms with van der Waals surface area (Å²) in [6.07, 6.45) is 1.50. The smallest absolute Gasteiger partial charge is 0.329 e. The van der Waals surface area contributed by atoms with Crippen LogP contribution in [0.4, 0.5) is 4.79 Å². The Morgan fingerprint density at radius 3 is 2.27 bits per heavy atom. The molecule has 220 valence electrons. The summed E-state index contributed by atoms with van der Waals surface area (Å²) in [5.74, 6) is -1.33. The lowest BCUT2D eigenvalue weighted by atomic mass is 9.82. The highest BCUT2D eigenvalue weighted by Crippen LogP contribution is 2.37. The van der Waals surface area contributed by atoms with Crippen LogP contribution < -0.4 is 16.0 Å². The number of urea groups is 1. The average molecular weight is 565 g/mol. The number of hydrogen-bond donors (Lipinski definition) is 3. The van der Waals surface area contributed by atoms with Crippen LogP contribution in [0, 0.1) is 0 Å². The second kappa shape index (κ2) is 12.7. The van der Waals surface area contributed by atoms with Gasteiger partial charge in [0.25, 0.3) is 0 Å². The van der Waals surface area contributed by atoms with Gasteiger partial charge >= 0.3 is 18.0 Å². The fraction of sp³-hybridized carbons (Fsp3) is 0.484. The van der Waals surface area contributed by atoms with Crippen LogP contribution >= 0.6 is 0 Å². The summed E-state index contributed by atoms with van der Waals surface area (Å²) in [4.78, 5) is 54.5. The average Bonchev–Trinajstić information content (AvgIpc) is 3.58. The van der Waals surface area contributed by atoms with E-state index in [9.17, 15) is 19.2 Å². The Bertz CT molecular complexity index is 1230. The number of carbonyl (C=O) groups is 4. The van der Waals surface area contributed by atoms with Gasteiger partial charge in [0.1, 0.15) is 17.7 Å². The van der Waals surface area contributed by atoms with Crippen LogP contribution in [-0.4, -0.2) is 66.2 Å². The largest absolute Gasteiger partial charge is 0.465 e. The van der Waals surface area contributed by atoms with E-state index in [1.165, 1.54) is 4.90 Å². The first kappa shape index (κ1) is 30.0. The van der Waals surface area contributed by atoms with Crippen molar-refractivity contribution >= 4 is 23.9 Å². The van der Waals surface area contributed by atoms with Crippen molar-refractivity contribution in [3.05, 3.63) is 71.8 Å². The van der Waals surface area contributed by atoms with Gasteiger partial charge in [-0.05, 0) is 64.6 Å². The van der Waals surface area contributed by atoms with Crippen molar-refractivity contribution in [1.29, 1.82) is 0 Å². The molecule has 0 aromatic heterocycles. The van der Waals surface area contributed by atoms with Gasteiger partial charge in [0.15, 0.2) is 0 Å². The fourth-order valence-electron chi connectivity index (χ4n) is 5.75. The van der Waals surface area contributed by atoms with Gasteiger partial charge in [-0.2, -0.15) is 0 Å². The summed E-state index contributed by atoms with van der Waals surface area (Å²) in [5.41, 5.74) is -0.113. The second-order valence-corrected chi connectivity index (χ2v) is 11.4. The number of rotatable bonds is 8. The molecule has 4 unspecified atom stereocenters. The van der Waals surface area contributed by atoms with Crippen LogP contribution in [0.5, 0.6) is 0 Å². The van der Waals surface area contributed by atoms with Gasteiger partial charge in [0.05, 0.1) is 24.7 Å². The van der Waals surface area contributed by atoms with Crippen molar-refractivity contribution < 1.29 is 28.7 Å². The summed E-state index contributed by atoms with van der Waals surface area (Å²) < 4.78 is 10.9. The molecule has 3 amide bonds. The van der Waals surface area contributed by atoms with Crippen LogP contribution in [-0.2, 0) is 29.4 Å². The van der Waals surface area contributed by atoms with Crippen molar-refractivity contribution in [3.63, 3.8) is 0 Å². The molecule has 0 radical (unpaired) electrons. The molecule has 4 atom stereocenters. The van der Waals surface area contributed by atoms with Crippen molar-refractivity contribution in [2.24, 2.45) is 0 Å². The summed E-state index contributed by atoms with van der Waals surface area (Å²) >= 11 is 0. The third-order valence-electron chi connectivity index (χ3n) is 7.44. The van der Waals surface area contributed by atoms with E-state index < -0.39 is 47.1 Å². The van der Waals surface area contributed by atoms with E-state index in [0.29, 0.717) is 25.8 Å². The highest BCUT2D eigenvalue weighted by Gasteiger charge is 2.50. The predicted octanol–water partition coefficient (Wildman–Crippen LogP) is 3.18. The molecule has 2 saturated heterocycles. The number of amides is 3. The Morgan fingerprint density at radius 2 is 1.63 bits per heavy atom. The highest BCUT2D eigenvalue weighted by atomic mass is 16.6. The Balaban J connectivity index is 1.52. The van der Waals surface area contributed by atoms with Gasteiger partial charge in [0.2, 0.25) is 5.91 Å². The second-order valence-electron chi connectivity index (χ2n) is 11.4. The molecular formula is C31H40N4O6. The van der Waals surface area contributed by atoms with Crippen LogP contribution in [0.1, 0.15) is 64.1 Å². The van der Waals surface area contributed by atoms with Crippen molar-refractivity contribution in [2.45, 2.75) is 76.2 Å². The lowest BCUT2D eigenvalue weighted by molar-refractivity contribution is -0.164. The molecule has 10 heteroatoms. The molecule has 2 aliphatic rings. The van der Waals surface area contributed by atoms with Crippen molar-refractivity contribution in [1.82, 2.24) is 20.9 Å². The van der Waals surface area contributed by atoms with E-state index in [0.717, 1.165) is 11.1 Å². The third-order valence-corrected chi connectivity index (χ3v) is 7.44. The number of benzene rings is 2. The maximum Gasteiger partial charge on any atom is 0.329 e. The zero-order valence-electron chi connectivity index (χ0n) is 24.1. The molecule has 2 fully saturated rings. The standard InChI is InChI=1S/C31H40N4O6/c1-5-40-28(38)26-31(18-19-32-26,22-14-10-7-11-15-22)34-29(39)33-20-25(36)35-23(21-12-8-6-9-13-21)16-17-24(35)27(37)41-30(2,3)4/h6-15,23-24,26,32H,5,16-20H2,1-4H3,(H2,33,34,39). The predicted molar refractivity (Wildman–Crippen MR) is 153 cm³/mol. The molecule has 41 heavy (non-hydrogen) atoms. The quantitative estimate of drug-likeness (QED) is 0.421. The lowest BCUT2D eigenvalue weighted by Crippen LogP contribution is -2.59. The van der Waals surface area contributed by atoms with Crippen LogP contribution in [0.2, 0.25) is 0 Å². The van der Waals surface area contributed by atoms with Gasteiger partial charge in [-0.3, -0.25) is 9.59 Å². The van der Waals surface area contributed by atoms with Crippen molar-refractivity contribution in [2.75, 3.05) is 19.7 Å². The Morgan fingerprint density at radius 1 is 0.976 bits per heavy atom. The van der Waals surface area contributed by atoms with Crippen molar-refractivity contribution in [3.8, 4) is 0 Å². The maximum atomic E-state index is 13.6. The first-order valence-corrected chi connectivity index (χ1v) is 14.2. The molecule has 0 aliphatic carbocycles. The molecule has 4 rings (SSSR count). The van der Waals surface area contributed by atoms with E-state index in [1.807, 2.05) is 60.7 Å². The monoisotopic (exact) mass is 564 g/mol. The molecule has 3 N–H and O–H groups in total. The normalized spacial score (nSPS) is 24.0. The van der Waals surface area contributed by atoms with Gasteiger partial charge in [-0.1, -0.05) is 60.7 Å². The van der Waals surface area contributed by atoms with Crippen LogP contribution in [0.25, 0.3) is 0 Å². The summed E-state index contributed by atoms with van der Waals surface area (Å²) in [5, 5.41) is 8.82. The van der Waals surface area contributed by atoms with E-state index in [-0.39, 0.29) is 19.2 Å². The van der Waals surface area contributed by atoms with E-state index in [2.05, 4.69) is 16.0 Å². The number of carbonyl (C=O) groups excluding carboxylic acids is 4. The highest BCUT2D eigenvalue weighted by molar-refractivity contribution is 5.89. The number of nitrogens with one attached hydrogen (secondary N) is 3. The summed E-state index contributed by atoms with van der Waals surface area (Å²) in [6.45, 7) is 7.45. The van der Waals surface area contributed by atoms with E-state index in [4.69, 9.17) is 9.47 Å². The molecule has 2 aliphatic heterocycles. The zero-order valence-corrected chi connectivity index (χ0v) is 24.1. The van der Waals surface area contributed by atoms with Crippen LogP contribution in [0.3, 0.4) is 0 Å². The minimum absolute atomic E-state index is 0.208. The molecule has 0 spiro atoms. The Kier molecular flexibility index (Phi) is 9.32. The molecule has 2 aromatic rings. The van der Waals surface area contributed by atoms with Gasteiger partial charge in [-0.25, -0.2) is 9.59 Å². The van der Waals surface area contributed by atoms with E-state index in [1.54, 1.807) is 27.7 Å². The maximum absolute atomic E-state index is 13.6. The molecule has 10 nitrogen and oxygen atoms in total. The molecular weight excluding hydrogens is 524 g/mol. The third kappa shape index (κ3) is 6.87. The first-order chi connectivity index (χ1) is 19.6. The lowest BCUT2D eigenvalue weighted by Gasteiger charge is -2.35. The molecule has 2 heterocycles. The van der Waals surface area contributed by atoms with Gasteiger partial charge in [0, 0.05) is 0 Å². The fourth-order valence-corrected chi connectivity index (χ4v) is 5.75. The minimum atomic E-state index is -1.07. The Hall–Kier alpha value is -3.92. The molecule has 0 saturated carbocycles. The summed E-state index contributed by atoms with van der Waals surface area (Å²) in [6, 6.07) is 16.3. The number of esters is 2. The SMILES string of the molecule is CCOC(=O)C1NCCC1(NC(=O)NCC(=O)N1C(C(=O)OC(C)(C)C)CCC1c1ccccc1)c1ccccc1. The Labute approximate surface area is 241 Å². The number of nitrogens with zero attached hydrogens (tertiary/aromatic N) is 1. The first-order valence-electron chi connectivity index (χ1n) is 14.2. The number of ether oxygens (including phenoxy) is 2. The minimum Gasteiger partial charge on any atom is -0.465 e. The summed E-state index contributed by atoms with van der Waals surface area (Å²) in [7, 11) is 0. The molecule has 2 aromatic carbocycles. The zero-order chi connectivity index (χ0) is 29.6.